The van der Waals surface area contributed by atoms with E-state index in [0.717, 1.165) is 26.7 Å². The van der Waals surface area contributed by atoms with Crippen molar-refractivity contribution < 1.29 is 5.11 Å². The summed E-state index contributed by atoms with van der Waals surface area (Å²) >= 11 is 1.53. The van der Waals surface area contributed by atoms with Crippen LogP contribution in [0.4, 0.5) is 0 Å². The van der Waals surface area contributed by atoms with Crippen LogP contribution >= 0.6 is 11.3 Å². The minimum Gasteiger partial charge on any atom is -0.388 e. The molecular formula is C12H14N2OS. The summed E-state index contributed by atoms with van der Waals surface area (Å²) in [6.07, 6.45) is 3.14. The number of aromatic nitrogens is 2. The number of rotatable bonds is 2. The molecule has 0 fully saturated rings. The summed E-state index contributed by atoms with van der Waals surface area (Å²) in [5, 5.41) is 10.5. The van der Waals surface area contributed by atoms with Crippen molar-refractivity contribution in [3.8, 4) is 10.6 Å². The van der Waals surface area contributed by atoms with Crippen LogP contribution in [0.15, 0.2) is 18.5 Å². The molecule has 0 amide bonds. The molecule has 0 aliphatic rings. The Balaban J connectivity index is 2.50. The number of aliphatic hydroxyl groups excluding tert-OH is 1. The molecule has 0 saturated carbocycles. The molecule has 0 aromatic carbocycles. The number of hydrogen-bond donors (Lipinski definition) is 1. The molecule has 2 rings (SSSR count). The highest BCUT2D eigenvalue weighted by Gasteiger charge is 2.14. The highest BCUT2D eigenvalue weighted by atomic mass is 32.1. The van der Waals surface area contributed by atoms with Crippen LogP contribution in [0.25, 0.3) is 10.6 Å². The minimum absolute atomic E-state index is 0.455. The van der Waals surface area contributed by atoms with Gasteiger partial charge in [0.1, 0.15) is 5.01 Å². The molecule has 0 aliphatic carbocycles. The van der Waals surface area contributed by atoms with Gasteiger partial charge in [-0.25, -0.2) is 4.98 Å². The summed E-state index contributed by atoms with van der Waals surface area (Å²) in [5.41, 5.74) is 3.10. The van der Waals surface area contributed by atoms with Gasteiger partial charge in [0.15, 0.2) is 0 Å². The minimum atomic E-state index is -0.455. The smallest absolute Gasteiger partial charge is 0.125 e. The van der Waals surface area contributed by atoms with Crippen molar-refractivity contribution in [3.63, 3.8) is 0 Å². The van der Waals surface area contributed by atoms with Gasteiger partial charge in [-0.15, -0.1) is 11.3 Å². The highest BCUT2D eigenvalue weighted by molar-refractivity contribution is 7.15. The molecule has 16 heavy (non-hydrogen) atoms. The number of nitrogens with zero attached hydrogens (tertiary/aromatic N) is 2. The number of aliphatic hydroxyl groups is 1. The Morgan fingerprint density at radius 1 is 1.38 bits per heavy atom. The van der Waals surface area contributed by atoms with Crippen molar-refractivity contribution in [2.24, 2.45) is 0 Å². The second kappa shape index (κ2) is 4.31. The van der Waals surface area contributed by atoms with Crippen LogP contribution in [-0.2, 0) is 0 Å². The first-order valence-electron chi connectivity index (χ1n) is 5.16. The standard InChI is InChI=1S/C12H14N2OS/c1-7-4-5-13-6-10(7)12-14-8(2)11(16-12)9(3)15/h4-6,9,15H,1-3H3. The fourth-order valence-electron chi connectivity index (χ4n) is 1.60. The van der Waals surface area contributed by atoms with E-state index in [0.29, 0.717) is 0 Å². The molecule has 0 spiro atoms. The topological polar surface area (TPSA) is 46.0 Å². The van der Waals surface area contributed by atoms with E-state index in [1.54, 1.807) is 13.1 Å². The largest absolute Gasteiger partial charge is 0.388 e. The zero-order chi connectivity index (χ0) is 11.7. The van der Waals surface area contributed by atoms with Gasteiger partial charge in [-0.3, -0.25) is 4.98 Å². The van der Waals surface area contributed by atoms with E-state index in [1.165, 1.54) is 11.3 Å². The van der Waals surface area contributed by atoms with Crippen molar-refractivity contribution in [2.45, 2.75) is 26.9 Å². The van der Waals surface area contributed by atoms with E-state index in [2.05, 4.69) is 9.97 Å². The zero-order valence-corrected chi connectivity index (χ0v) is 10.4. The van der Waals surface area contributed by atoms with Gasteiger partial charge >= 0.3 is 0 Å². The van der Waals surface area contributed by atoms with Gasteiger partial charge < -0.3 is 5.11 Å². The summed E-state index contributed by atoms with van der Waals surface area (Å²) in [7, 11) is 0. The fraction of sp³-hybridized carbons (Fsp3) is 0.333. The molecule has 0 radical (unpaired) electrons. The summed E-state index contributed by atoms with van der Waals surface area (Å²) in [4.78, 5) is 9.52. The zero-order valence-electron chi connectivity index (χ0n) is 9.56. The third-order valence-corrected chi connectivity index (χ3v) is 3.84. The van der Waals surface area contributed by atoms with E-state index >= 15 is 0 Å². The summed E-state index contributed by atoms with van der Waals surface area (Å²) < 4.78 is 0. The quantitative estimate of drug-likeness (QED) is 0.869. The first-order valence-corrected chi connectivity index (χ1v) is 5.97. The van der Waals surface area contributed by atoms with Crippen LogP contribution in [0.2, 0.25) is 0 Å². The van der Waals surface area contributed by atoms with Crippen molar-refractivity contribution in [1.82, 2.24) is 9.97 Å². The van der Waals surface area contributed by atoms with Crippen LogP contribution in [0, 0.1) is 13.8 Å². The highest BCUT2D eigenvalue weighted by Crippen LogP contribution is 2.32. The van der Waals surface area contributed by atoms with E-state index in [1.807, 2.05) is 26.1 Å². The Hall–Kier alpha value is -1.26. The van der Waals surface area contributed by atoms with E-state index in [9.17, 15) is 5.11 Å². The fourth-order valence-corrected chi connectivity index (χ4v) is 2.68. The Bertz CT molecular complexity index is 505. The van der Waals surface area contributed by atoms with E-state index < -0.39 is 6.10 Å². The SMILES string of the molecule is Cc1ccncc1-c1nc(C)c(C(C)O)s1. The molecule has 4 heteroatoms. The van der Waals surface area contributed by atoms with Gasteiger partial charge in [-0.05, 0) is 32.4 Å². The molecule has 1 N–H and O–H groups in total. The third-order valence-electron chi connectivity index (χ3n) is 2.48. The van der Waals surface area contributed by atoms with Gasteiger partial charge in [0.25, 0.3) is 0 Å². The molecular weight excluding hydrogens is 220 g/mol. The lowest BCUT2D eigenvalue weighted by atomic mass is 10.2. The van der Waals surface area contributed by atoms with E-state index in [-0.39, 0.29) is 0 Å². The van der Waals surface area contributed by atoms with Crippen LogP contribution in [0.3, 0.4) is 0 Å². The number of aryl methyl sites for hydroxylation is 2. The van der Waals surface area contributed by atoms with Gasteiger partial charge in [0.05, 0.1) is 16.7 Å². The molecule has 3 nitrogen and oxygen atoms in total. The van der Waals surface area contributed by atoms with Gasteiger partial charge in [0.2, 0.25) is 0 Å². The second-order valence-corrected chi connectivity index (χ2v) is 4.87. The maximum absolute atomic E-state index is 9.59. The van der Waals surface area contributed by atoms with Crippen molar-refractivity contribution in [2.75, 3.05) is 0 Å². The summed E-state index contributed by atoms with van der Waals surface area (Å²) in [6, 6.07) is 1.97. The van der Waals surface area contributed by atoms with Crippen LogP contribution in [-0.4, -0.2) is 15.1 Å². The lowest BCUT2D eigenvalue weighted by molar-refractivity contribution is 0.202. The molecule has 2 aromatic heterocycles. The van der Waals surface area contributed by atoms with Gasteiger partial charge in [-0.1, -0.05) is 0 Å². The molecule has 0 saturated heterocycles. The van der Waals surface area contributed by atoms with Crippen molar-refractivity contribution >= 4 is 11.3 Å². The van der Waals surface area contributed by atoms with Crippen LogP contribution < -0.4 is 0 Å². The van der Waals surface area contributed by atoms with Gasteiger partial charge in [0, 0.05) is 18.0 Å². The molecule has 2 heterocycles. The first kappa shape index (κ1) is 11.2. The average Bonchev–Trinajstić information content (AvgIpc) is 2.61. The maximum Gasteiger partial charge on any atom is 0.125 e. The molecule has 1 atom stereocenters. The molecule has 2 aromatic rings. The monoisotopic (exact) mass is 234 g/mol. The predicted octanol–water partition coefficient (Wildman–Crippen LogP) is 2.88. The normalized spacial score (nSPS) is 12.8. The van der Waals surface area contributed by atoms with Crippen LogP contribution in [0.1, 0.15) is 29.2 Å². The Labute approximate surface area is 98.8 Å². The summed E-state index contributed by atoms with van der Waals surface area (Å²) in [6.45, 7) is 5.73. The number of thiazole rings is 1. The molecule has 1 unspecified atom stereocenters. The number of hydrogen-bond acceptors (Lipinski definition) is 4. The second-order valence-electron chi connectivity index (χ2n) is 3.84. The molecule has 0 bridgehead atoms. The van der Waals surface area contributed by atoms with Crippen LogP contribution in [0.5, 0.6) is 0 Å². The Morgan fingerprint density at radius 2 is 2.12 bits per heavy atom. The predicted molar refractivity (Wildman–Crippen MR) is 65.5 cm³/mol. The lowest BCUT2D eigenvalue weighted by Gasteiger charge is -2.00. The number of pyridine rings is 1. The van der Waals surface area contributed by atoms with Gasteiger partial charge in [-0.2, -0.15) is 0 Å². The van der Waals surface area contributed by atoms with E-state index in [4.69, 9.17) is 0 Å². The lowest BCUT2D eigenvalue weighted by Crippen LogP contribution is -1.88. The Kier molecular flexibility index (Phi) is 3.03. The third kappa shape index (κ3) is 1.99. The Morgan fingerprint density at radius 3 is 2.69 bits per heavy atom. The average molecular weight is 234 g/mol. The van der Waals surface area contributed by atoms with Crippen molar-refractivity contribution in [3.05, 3.63) is 34.6 Å². The first-order chi connectivity index (χ1) is 7.59. The summed E-state index contributed by atoms with van der Waals surface area (Å²) in [5.74, 6) is 0. The molecule has 84 valence electrons. The maximum atomic E-state index is 9.59. The van der Waals surface area contributed by atoms with Crippen molar-refractivity contribution in [1.29, 1.82) is 0 Å². The molecule has 0 aliphatic heterocycles.